The molecule has 33 heavy (non-hydrogen) atoms. The van der Waals surface area contributed by atoms with Gasteiger partial charge in [0.2, 0.25) is 0 Å². The Hall–Kier alpha value is -3.47. The first kappa shape index (κ1) is 21.4. The van der Waals surface area contributed by atoms with Crippen molar-refractivity contribution >= 4 is 50.5 Å². The molecule has 0 radical (unpaired) electrons. The maximum atomic E-state index is 12.9. The fourth-order valence-corrected chi connectivity index (χ4v) is 6.02. The Morgan fingerprint density at radius 2 is 2.00 bits per heavy atom. The Morgan fingerprint density at radius 3 is 2.82 bits per heavy atom. The van der Waals surface area contributed by atoms with Crippen LogP contribution in [0, 0.1) is 11.3 Å². The van der Waals surface area contributed by atoms with Crippen LogP contribution in [0.5, 0.6) is 11.5 Å². The van der Waals surface area contributed by atoms with Gasteiger partial charge in [0.05, 0.1) is 28.5 Å². The van der Waals surface area contributed by atoms with E-state index in [-0.39, 0.29) is 5.97 Å². The molecule has 0 N–H and O–H groups in total. The number of allylic oxidation sites excluding steroid dienone is 1. The van der Waals surface area contributed by atoms with Gasteiger partial charge < -0.3 is 9.47 Å². The maximum Gasteiger partial charge on any atom is 0.344 e. The zero-order valence-electron chi connectivity index (χ0n) is 18.0. The monoisotopic (exact) mass is 472 g/mol. The van der Waals surface area contributed by atoms with Crippen molar-refractivity contribution in [1.29, 1.82) is 5.26 Å². The third kappa shape index (κ3) is 4.28. The molecule has 1 aliphatic carbocycles. The second-order valence-corrected chi connectivity index (χ2v) is 9.71. The molecule has 5 nitrogen and oxygen atoms in total. The van der Waals surface area contributed by atoms with Crippen LogP contribution in [-0.4, -0.2) is 18.1 Å². The summed E-state index contributed by atoms with van der Waals surface area (Å²) in [6.45, 7) is 0. The predicted octanol–water partition coefficient (Wildman–Crippen LogP) is 6.53. The summed E-state index contributed by atoms with van der Waals surface area (Å²) in [5, 5.41) is 12.3. The number of thiophene rings is 1. The highest BCUT2D eigenvalue weighted by Gasteiger charge is 2.22. The van der Waals surface area contributed by atoms with Gasteiger partial charge in [-0.05, 0) is 67.2 Å². The van der Waals surface area contributed by atoms with Gasteiger partial charge in [-0.1, -0.05) is 18.2 Å². The standard InChI is InChI=1S/C26H20N2O3S2/c1-30-22-13-16(12-17(14-27)25-28-20-7-3-5-9-24(20)33-25)10-11-21(22)31-26(29)19-15-32-23-8-4-2-6-18(19)23/h3,5,7,9-13,15H,2,4,6,8H2,1H3/b17-12+. The Kier molecular flexibility index (Phi) is 5.95. The van der Waals surface area contributed by atoms with Gasteiger partial charge in [0.1, 0.15) is 11.1 Å². The lowest BCUT2D eigenvalue weighted by Crippen LogP contribution is -2.12. The van der Waals surface area contributed by atoms with Crippen molar-refractivity contribution in [3.05, 3.63) is 74.4 Å². The molecule has 0 unspecified atom stereocenters. The number of aryl methyl sites for hydroxylation is 1. The molecule has 0 spiro atoms. The van der Waals surface area contributed by atoms with Crippen molar-refractivity contribution in [2.45, 2.75) is 25.7 Å². The second-order valence-electron chi connectivity index (χ2n) is 7.71. The number of benzene rings is 2. The second kappa shape index (κ2) is 9.18. The predicted molar refractivity (Wildman–Crippen MR) is 132 cm³/mol. The Labute approximate surface area is 199 Å². The number of rotatable bonds is 5. The van der Waals surface area contributed by atoms with Crippen molar-refractivity contribution in [2.75, 3.05) is 7.11 Å². The molecule has 0 saturated heterocycles. The van der Waals surface area contributed by atoms with Crippen molar-refractivity contribution in [1.82, 2.24) is 4.98 Å². The highest BCUT2D eigenvalue weighted by atomic mass is 32.1. The van der Waals surface area contributed by atoms with Crippen molar-refractivity contribution < 1.29 is 14.3 Å². The topological polar surface area (TPSA) is 72.2 Å². The van der Waals surface area contributed by atoms with Crippen LogP contribution in [0.2, 0.25) is 0 Å². The number of para-hydroxylation sites is 1. The number of nitriles is 1. The highest BCUT2D eigenvalue weighted by Crippen LogP contribution is 2.34. The molecule has 0 atom stereocenters. The van der Waals surface area contributed by atoms with Crippen LogP contribution < -0.4 is 9.47 Å². The van der Waals surface area contributed by atoms with Crippen LogP contribution in [0.3, 0.4) is 0 Å². The normalized spacial score (nSPS) is 13.4. The SMILES string of the molecule is COc1cc(/C=C(\C#N)c2nc3ccccc3s2)ccc1OC(=O)c1csc2c1CCCC2. The zero-order valence-corrected chi connectivity index (χ0v) is 19.6. The molecule has 0 aliphatic heterocycles. The summed E-state index contributed by atoms with van der Waals surface area (Å²) in [7, 11) is 1.53. The summed E-state index contributed by atoms with van der Waals surface area (Å²) in [5.41, 5.74) is 3.88. The molecule has 1 aliphatic rings. The molecule has 0 fully saturated rings. The van der Waals surface area contributed by atoms with E-state index in [1.54, 1.807) is 35.6 Å². The van der Waals surface area contributed by atoms with E-state index < -0.39 is 0 Å². The van der Waals surface area contributed by atoms with E-state index in [9.17, 15) is 10.1 Å². The smallest absolute Gasteiger partial charge is 0.344 e. The lowest BCUT2D eigenvalue weighted by molar-refractivity contribution is 0.0729. The third-order valence-corrected chi connectivity index (χ3v) is 7.79. The van der Waals surface area contributed by atoms with E-state index in [2.05, 4.69) is 11.1 Å². The van der Waals surface area contributed by atoms with Gasteiger partial charge in [0.15, 0.2) is 11.5 Å². The average molecular weight is 473 g/mol. The molecule has 0 amide bonds. The number of aromatic nitrogens is 1. The van der Waals surface area contributed by atoms with Crippen molar-refractivity contribution in [3.8, 4) is 17.6 Å². The summed E-state index contributed by atoms with van der Waals surface area (Å²) in [4.78, 5) is 18.7. The molecular formula is C26H20N2O3S2. The molecule has 5 rings (SSSR count). The minimum Gasteiger partial charge on any atom is -0.493 e. The summed E-state index contributed by atoms with van der Waals surface area (Å²) < 4.78 is 12.2. The minimum atomic E-state index is -0.358. The number of methoxy groups -OCH3 is 1. The first-order valence-corrected chi connectivity index (χ1v) is 12.3. The number of esters is 1. The Morgan fingerprint density at radius 1 is 1.15 bits per heavy atom. The lowest BCUT2D eigenvalue weighted by Gasteiger charge is -2.13. The third-order valence-electron chi connectivity index (χ3n) is 5.63. The molecule has 0 saturated carbocycles. The number of fused-ring (bicyclic) bond motifs is 2. The summed E-state index contributed by atoms with van der Waals surface area (Å²) in [5.74, 6) is 0.430. The van der Waals surface area contributed by atoms with Gasteiger partial charge in [-0.25, -0.2) is 9.78 Å². The van der Waals surface area contributed by atoms with E-state index in [4.69, 9.17) is 9.47 Å². The molecule has 2 aromatic heterocycles. The van der Waals surface area contributed by atoms with E-state index >= 15 is 0 Å². The first-order chi connectivity index (χ1) is 16.2. The van der Waals surface area contributed by atoms with Crippen LogP contribution in [0.15, 0.2) is 47.8 Å². The molecule has 164 valence electrons. The Bertz CT molecular complexity index is 1390. The molecule has 2 heterocycles. The summed E-state index contributed by atoms with van der Waals surface area (Å²) in [6.07, 6.45) is 6.00. The van der Waals surface area contributed by atoms with Crippen LogP contribution in [0.25, 0.3) is 21.9 Å². The van der Waals surface area contributed by atoms with Crippen molar-refractivity contribution in [3.63, 3.8) is 0 Å². The number of hydrogen-bond donors (Lipinski definition) is 0. The lowest BCUT2D eigenvalue weighted by atomic mass is 9.96. The van der Waals surface area contributed by atoms with Gasteiger partial charge >= 0.3 is 5.97 Å². The van der Waals surface area contributed by atoms with E-state index in [1.807, 2.05) is 29.6 Å². The largest absolute Gasteiger partial charge is 0.493 e. The zero-order chi connectivity index (χ0) is 22.8. The van der Waals surface area contributed by atoms with E-state index in [0.717, 1.165) is 40.6 Å². The van der Waals surface area contributed by atoms with Crippen molar-refractivity contribution in [2.24, 2.45) is 0 Å². The van der Waals surface area contributed by atoms with Gasteiger partial charge in [0.25, 0.3) is 0 Å². The summed E-state index contributed by atoms with van der Waals surface area (Å²) in [6, 6.07) is 15.3. The fraction of sp³-hybridized carbons (Fsp3) is 0.192. The van der Waals surface area contributed by atoms with E-state index in [1.165, 1.54) is 29.7 Å². The summed E-state index contributed by atoms with van der Waals surface area (Å²) >= 11 is 3.12. The highest BCUT2D eigenvalue weighted by molar-refractivity contribution is 7.19. The molecular weight excluding hydrogens is 452 g/mol. The Balaban J connectivity index is 1.41. The van der Waals surface area contributed by atoms with Crippen LogP contribution in [0.4, 0.5) is 0 Å². The van der Waals surface area contributed by atoms with Gasteiger partial charge in [-0.2, -0.15) is 5.26 Å². The number of thiazole rings is 1. The number of ether oxygens (including phenoxy) is 2. The number of carbonyl (C=O) groups is 1. The van der Waals surface area contributed by atoms with Gasteiger partial charge in [0, 0.05) is 10.3 Å². The van der Waals surface area contributed by atoms with Crippen LogP contribution in [0.1, 0.15) is 44.2 Å². The van der Waals surface area contributed by atoms with E-state index in [0.29, 0.717) is 27.6 Å². The molecule has 7 heteroatoms. The minimum absolute atomic E-state index is 0.355. The number of hydrogen-bond acceptors (Lipinski definition) is 7. The molecule has 2 aromatic carbocycles. The van der Waals surface area contributed by atoms with Gasteiger partial charge in [-0.15, -0.1) is 22.7 Å². The number of nitrogens with zero attached hydrogens (tertiary/aromatic N) is 2. The van der Waals surface area contributed by atoms with Crippen LogP contribution in [-0.2, 0) is 12.8 Å². The molecule has 0 bridgehead atoms. The quantitative estimate of drug-likeness (QED) is 0.188. The maximum absolute atomic E-state index is 12.9. The average Bonchev–Trinajstić information content (AvgIpc) is 3.47. The molecule has 4 aromatic rings. The fourth-order valence-electron chi connectivity index (χ4n) is 3.97. The van der Waals surface area contributed by atoms with Crippen LogP contribution >= 0.6 is 22.7 Å². The van der Waals surface area contributed by atoms with Gasteiger partial charge in [-0.3, -0.25) is 0 Å². The first-order valence-electron chi connectivity index (χ1n) is 10.6. The number of carbonyl (C=O) groups excluding carboxylic acids is 1.